The highest BCUT2D eigenvalue weighted by Crippen LogP contribution is 2.02. The van der Waals surface area contributed by atoms with Crippen molar-refractivity contribution < 1.29 is 17.8 Å². The number of hydrogen-bond donors (Lipinski definition) is 1. The van der Waals surface area contributed by atoms with Gasteiger partial charge in [0.25, 0.3) is 0 Å². The number of aldehydes is 1. The third kappa shape index (κ3) is 7.72. The summed E-state index contributed by atoms with van der Waals surface area (Å²) < 4.78 is 25.2. The monoisotopic (exact) mass is 236 g/mol. The molecule has 78 valence electrons. The van der Waals surface area contributed by atoms with Gasteiger partial charge in [-0.15, -0.1) is 0 Å². The fourth-order valence-corrected chi connectivity index (χ4v) is 0.719. The molecule has 0 heterocycles. The topological polar surface area (TPSA) is 71.4 Å². The maximum Gasteiger partial charge on any atom is 0.353 e. The van der Waals surface area contributed by atoms with Crippen LogP contribution < -0.4 is 0 Å². The van der Waals surface area contributed by atoms with Crippen molar-refractivity contribution in [3.63, 3.8) is 0 Å². The van der Waals surface area contributed by atoms with Crippen molar-refractivity contribution >= 4 is 26.3 Å². The zero-order valence-electron chi connectivity index (χ0n) is 7.34. The Labute approximate surface area is 86.8 Å². The zero-order valence-corrected chi connectivity index (χ0v) is 8.92. The molecule has 0 radical (unpaired) electrons. The van der Waals surface area contributed by atoms with Crippen LogP contribution in [0.15, 0.2) is 24.3 Å². The molecule has 6 heteroatoms. The van der Waals surface area contributed by atoms with E-state index in [0.717, 1.165) is 17.4 Å². The van der Waals surface area contributed by atoms with Crippen LogP contribution in [-0.4, -0.2) is 19.3 Å². The first-order valence-corrected chi connectivity index (χ1v) is 5.79. The molecule has 0 amide bonds. The van der Waals surface area contributed by atoms with Gasteiger partial charge in [-0.05, 0) is 12.5 Å². The average Bonchev–Trinajstić information content (AvgIpc) is 2.02. The molecule has 0 saturated carbocycles. The summed E-state index contributed by atoms with van der Waals surface area (Å²) in [7, 11) is -0.137. The van der Waals surface area contributed by atoms with Crippen molar-refractivity contribution in [2.24, 2.45) is 0 Å². The van der Waals surface area contributed by atoms with Gasteiger partial charge in [0, 0.05) is 16.2 Å². The van der Waals surface area contributed by atoms with Crippen LogP contribution in [0.3, 0.4) is 0 Å². The normalized spacial score (nSPS) is 9.93. The van der Waals surface area contributed by atoms with Gasteiger partial charge in [0.1, 0.15) is 6.29 Å². The van der Waals surface area contributed by atoms with Crippen LogP contribution in [0.4, 0.5) is 0 Å². The molecule has 0 aromatic heterocycles. The lowest BCUT2D eigenvalue weighted by molar-refractivity contribution is 0.112. The largest absolute Gasteiger partial charge is 0.353 e. The van der Waals surface area contributed by atoms with E-state index in [1.807, 2.05) is 31.2 Å². The van der Waals surface area contributed by atoms with Crippen LogP contribution >= 0.6 is 10.7 Å². The first-order valence-electron chi connectivity index (χ1n) is 3.52. The van der Waals surface area contributed by atoms with E-state index in [2.05, 4.69) is 10.7 Å². The molecular formula is C8H9ClO4S. The highest BCUT2D eigenvalue weighted by molar-refractivity contribution is 8.09. The van der Waals surface area contributed by atoms with Crippen molar-refractivity contribution in [2.45, 2.75) is 6.92 Å². The van der Waals surface area contributed by atoms with Crippen molar-refractivity contribution in [1.82, 2.24) is 0 Å². The molecule has 0 spiro atoms. The number of aryl methyl sites for hydroxylation is 1. The molecule has 1 aromatic carbocycles. The first kappa shape index (κ1) is 13.1. The molecule has 0 aliphatic heterocycles. The second-order valence-corrected chi connectivity index (χ2v) is 4.38. The number of halogens is 1. The van der Waals surface area contributed by atoms with E-state index in [9.17, 15) is 4.79 Å². The summed E-state index contributed by atoms with van der Waals surface area (Å²) in [4.78, 5) is 10.2. The van der Waals surface area contributed by atoms with E-state index in [0.29, 0.717) is 0 Å². The lowest BCUT2D eigenvalue weighted by atomic mass is 10.1. The van der Waals surface area contributed by atoms with Crippen LogP contribution in [-0.2, 0) is 9.33 Å². The lowest BCUT2D eigenvalue weighted by Gasteiger charge is -1.92. The van der Waals surface area contributed by atoms with Crippen LogP contribution in [0, 0.1) is 6.92 Å². The molecule has 0 bridgehead atoms. The Kier molecular flexibility index (Phi) is 5.37. The zero-order chi connectivity index (χ0) is 11.2. The third-order valence-electron chi connectivity index (χ3n) is 1.32. The summed E-state index contributed by atoms with van der Waals surface area (Å²) in [6, 6.07) is 7.51. The number of carbonyl (C=O) groups is 1. The Morgan fingerprint density at radius 2 is 1.79 bits per heavy atom. The molecule has 0 aliphatic carbocycles. The number of rotatable bonds is 1. The van der Waals surface area contributed by atoms with Crippen LogP contribution in [0.5, 0.6) is 0 Å². The first-order chi connectivity index (χ1) is 6.34. The van der Waals surface area contributed by atoms with E-state index in [-0.39, 0.29) is 0 Å². The highest BCUT2D eigenvalue weighted by Gasteiger charge is 1.90. The summed E-state index contributed by atoms with van der Waals surface area (Å²) in [5.41, 5.74) is 1.81. The molecule has 0 saturated heterocycles. The molecule has 0 fully saturated rings. The van der Waals surface area contributed by atoms with E-state index >= 15 is 0 Å². The van der Waals surface area contributed by atoms with E-state index < -0.39 is 9.33 Å². The van der Waals surface area contributed by atoms with E-state index in [1.165, 1.54) is 0 Å². The summed E-state index contributed by atoms with van der Waals surface area (Å²) in [6.45, 7) is 1.92. The minimum Gasteiger partial charge on any atom is -0.298 e. The summed E-state index contributed by atoms with van der Waals surface area (Å²) in [5.74, 6) is 0. The smallest absolute Gasteiger partial charge is 0.298 e. The summed E-state index contributed by atoms with van der Waals surface area (Å²) in [6.07, 6.45) is 0.870. The second-order valence-electron chi connectivity index (χ2n) is 2.39. The maximum atomic E-state index is 10.2. The molecule has 0 atom stereocenters. The Balaban J connectivity index is 0.000000292. The van der Waals surface area contributed by atoms with Gasteiger partial charge in [0.2, 0.25) is 0 Å². The van der Waals surface area contributed by atoms with Gasteiger partial charge in [0.15, 0.2) is 0 Å². The Morgan fingerprint density at radius 3 is 2.07 bits per heavy atom. The highest BCUT2D eigenvalue weighted by atomic mass is 35.7. The molecule has 0 unspecified atom stereocenters. The second kappa shape index (κ2) is 5.74. The Hall–Kier alpha value is -0.910. The van der Waals surface area contributed by atoms with E-state index in [1.54, 1.807) is 0 Å². The van der Waals surface area contributed by atoms with Crippen LogP contribution in [0.2, 0.25) is 0 Å². The fraction of sp³-hybridized carbons (Fsp3) is 0.125. The number of hydrogen-bond acceptors (Lipinski definition) is 3. The quantitative estimate of drug-likeness (QED) is 0.459. The van der Waals surface area contributed by atoms with Gasteiger partial charge in [-0.25, -0.2) is 0 Å². The maximum absolute atomic E-state index is 10.2. The lowest BCUT2D eigenvalue weighted by Crippen LogP contribution is -1.82. The molecule has 4 nitrogen and oxygen atoms in total. The Morgan fingerprint density at radius 1 is 1.36 bits per heavy atom. The minimum atomic E-state index is -4.19. The molecular weight excluding hydrogens is 228 g/mol. The van der Waals surface area contributed by atoms with Crippen molar-refractivity contribution in [3.05, 3.63) is 35.4 Å². The average molecular weight is 237 g/mol. The van der Waals surface area contributed by atoms with Crippen molar-refractivity contribution in [1.29, 1.82) is 0 Å². The van der Waals surface area contributed by atoms with Gasteiger partial charge in [-0.3, -0.25) is 9.35 Å². The van der Waals surface area contributed by atoms with Crippen molar-refractivity contribution in [3.8, 4) is 0 Å². The molecule has 1 N–H and O–H groups in total. The third-order valence-corrected chi connectivity index (χ3v) is 1.32. The predicted octanol–water partition coefficient (Wildman–Crippen LogP) is 1.84. The van der Waals surface area contributed by atoms with Crippen molar-refractivity contribution in [2.75, 3.05) is 0 Å². The minimum absolute atomic E-state index is 0.775. The van der Waals surface area contributed by atoms with E-state index in [4.69, 9.17) is 13.0 Å². The standard InChI is InChI=1S/C8H8O.ClHO3S/c1-7-4-2-3-5-8(7)6-9;1-5(2,3)4/h2-6H,1H3;(H,2,3,4). The van der Waals surface area contributed by atoms with Crippen LogP contribution in [0.1, 0.15) is 15.9 Å². The van der Waals surface area contributed by atoms with Gasteiger partial charge in [-0.1, -0.05) is 24.3 Å². The SMILES string of the molecule is Cc1ccccc1C=O.O=S(=O)(O)Cl. The fourth-order valence-electron chi connectivity index (χ4n) is 0.719. The molecule has 14 heavy (non-hydrogen) atoms. The van der Waals surface area contributed by atoms with Gasteiger partial charge in [0.05, 0.1) is 0 Å². The molecule has 0 aliphatic rings. The van der Waals surface area contributed by atoms with Gasteiger partial charge < -0.3 is 0 Å². The molecule has 1 rings (SSSR count). The number of benzene rings is 1. The molecule has 1 aromatic rings. The number of carbonyl (C=O) groups excluding carboxylic acids is 1. The predicted molar refractivity (Wildman–Crippen MR) is 54.0 cm³/mol. The van der Waals surface area contributed by atoms with Gasteiger partial charge >= 0.3 is 9.33 Å². The van der Waals surface area contributed by atoms with Gasteiger partial charge in [-0.2, -0.15) is 8.42 Å². The van der Waals surface area contributed by atoms with Crippen LogP contribution in [0.25, 0.3) is 0 Å². The Bertz CT molecular complexity index is 392. The summed E-state index contributed by atoms with van der Waals surface area (Å²) >= 11 is 0. The summed E-state index contributed by atoms with van der Waals surface area (Å²) in [5, 5.41) is 0.